The summed E-state index contributed by atoms with van der Waals surface area (Å²) in [7, 11) is -4.03. The quantitative estimate of drug-likeness (QED) is 0.818. The number of hydrogen-bond acceptors (Lipinski definition) is 4. The van der Waals surface area contributed by atoms with E-state index in [4.69, 9.17) is 5.11 Å². The summed E-state index contributed by atoms with van der Waals surface area (Å²) in [6.45, 7) is 3.98. The number of anilines is 1. The SMILES string of the molecule is CC(=O)Nc1ccc(S(=O)(=O)N(CC(=O)O)C(C)C)c2ccccc12. The molecule has 0 saturated heterocycles. The predicted molar refractivity (Wildman–Crippen MR) is 94.9 cm³/mol. The largest absolute Gasteiger partial charge is 0.480 e. The zero-order chi connectivity index (χ0) is 18.8. The first-order valence-electron chi connectivity index (χ1n) is 7.67. The number of nitrogens with zero attached hydrogens (tertiary/aromatic N) is 1. The van der Waals surface area contributed by atoms with Gasteiger partial charge in [0.15, 0.2) is 0 Å². The van der Waals surface area contributed by atoms with Crippen molar-refractivity contribution in [2.75, 3.05) is 11.9 Å². The zero-order valence-corrected chi connectivity index (χ0v) is 15.0. The van der Waals surface area contributed by atoms with Crippen molar-refractivity contribution >= 4 is 38.4 Å². The van der Waals surface area contributed by atoms with E-state index in [0.29, 0.717) is 16.5 Å². The van der Waals surface area contributed by atoms with Gasteiger partial charge in [-0.15, -0.1) is 0 Å². The molecule has 134 valence electrons. The second-order valence-corrected chi connectivity index (χ2v) is 7.73. The predicted octanol–water partition coefficient (Wildman–Crippen LogP) is 2.28. The number of amides is 1. The van der Waals surface area contributed by atoms with Gasteiger partial charge in [-0.05, 0) is 26.0 Å². The number of fused-ring (bicyclic) bond motifs is 1. The molecule has 2 N–H and O–H groups in total. The molecule has 0 aliphatic rings. The fourth-order valence-corrected chi connectivity index (χ4v) is 4.38. The van der Waals surface area contributed by atoms with Crippen LogP contribution in [0.4, 0.5) is 5.69 Å². The number of rotatable bonds is 6. The Morgan fingerprint density at radius 1 is 1.12 bits per heavy atom. The second-order valence-electron chi connectivity index (χ2n) is 5.88. The number of carbonyl (C=O) groups excluding carboxylic acids is 1. The van der Waals surface area contributed by atoms with Crippen molar-refractivity contribution in [1.82, 2.24) is 4.31 Å². The number of hydrogen-bond donors (Lipinski definition) is 2. The lowest BCUT2D eigenvalue weighted by Gasteiger charge is -2.25. The minimum atomic E-state index is -4.03. The highest BCUT2D eigenvalue weighted by molar-refractivity contribution is 7.89. The molecule has 0 bridgehead atoms. The number of sulfonamides is 1. The Morgan fingerprint density at radius 3 is 2.24 bits per heavy atom. The molecule has 2 aromatic rings. The van der Waals surface area contributed by atoms with E-state index in [1.54, 1.807) is 38.1 Å². The van der Waals surface area contributed by atoms with E-state index in [1.807, 2.05) is 0 Å². The highest BCUT2D eigenvalue weighted by Crippen LogP contribution is 2.31. The van der Waals surface area contributed by atoms with Crippen LogP contribution >= 0.6 is 0 Å². The van der Waals surface area contributed by atoms with Gasteiger partial charge in [0.05, 0.1) is 4.90 Å². The lowest BCUT2D eigenvalue weighted by atomic mass is 10.1. The van der Waals surface area contributed by atoms with Gasteiger partial charge in [-0.3, -0.25) is 9.59 Å². The standard InChI is InChI=1S/C17H20N2O5S/c1-11(2)19(10-17(21)22)25(23,24)16-9-8-15(18-12(3)20)13-6-4-5-7-14(13)16/h4-9,11H,10H2,1-3H3,(H,18,20)(H,21,22). The molecule has 7 nitrogen and oxygen atoms in total. The maximum Gasteiger partial charge on any atom is 0.318 e. The monoisotopic (exact) mass is 364 g/mol. The van der Waals surface area contributed by atoms with Gasteiger partial charge in [-0.2, -0.15) is 4.31 Å². The molecule has 0 saturated carbocycles. The Bertz CT molecular complexity index is 922. The number of benzene rings is 2. The molecule has 0 aromatic heterocycles. The summed E-state index contributed by atoms with van der Waals surface area (Å²) < 4.78 is 27.0. The summed E-state index contributed by atoms with van der Waals surface area (Å²) >= 11 is 0. The maximum atomic E-state index is 13.0. The number of carboxylic acid groups (broad SMARTS) is 1. The molecule has 0 fully saturated rings. The molecule has 0 aliphatic carbocycles. The van der Waals surface area contributed by atoms with Crippen molar-refractivity contribution in [3.63, 3.8) is 0 Å². The van der Waals surface area contributed by atoms with E-state index in [-0.39, 0.29) is 10.8 Å². The minimum absolute atomic E-state index is 0.00662. The third kappa shape index (κ3) is 3.97. The van der Waals surface area contributed by atoms with Crippen LogP contribution in [0, 0.1) is 0 Å². The molecule has 0 aliphatic heterocycles. The van der Waals surface area contributed by atoms with Crippen molar-refractivity contribution in [2.45, 2.75) is 31.7 Å². The van der Waals surface area contributed by atoms with Crippen LogP contribution in [0.5, 0.6) is 0 Å². The van der Waals surface area contributed by atoms with Crippen LogP contribution in [-0.2, 0) is 19.6 Å². The van der Waals surface area contributed by atoms with E-state index in [1.165, 1.54) is 19.1 Å². The fraction of sp³-hybridized carbons (Fsp3) is 0.294. The van der Waals surface area contributed by atoms with Gasteiger partial charge in [-0.25, -0.2) is 8.42 Å². The van der Waals surface area contributed by atoms with E-state index in [9.17, 15) is 18.0 Å². The van der Waals surface area contributed by atoms with Crippen LogP contribution in [0.25, 0.3) is 10.8 Å². The molecular weight excluding hydrogens is 344 g/mol. The lowest BCUT2D eigenvalue weighted by molar-refractivity contribution is -0.137. The van der Waals surface area contributed by atoms with Crippen LogP contribution in [0.3, 0.4) is 0 Å². The van der Waals surface area contributed by atoms with E-state index in [0.717, 1.165) is 4.31 Å². The second kappa shape index (κ2) is 7.20. The smallest absolute Gasteiger partial charge is 0.318 e. The Hall–Kier alpha value is -2.45. The summed E-state index contributed by atoms with van der Waals surface area (Å²) in [5, 5.41) is 12.7. The molecule has 8 heteroatoms. The summed E-state index contributed by atoms with van der Waals surface area (Å²) in [4.78, 5) is 22.4. The van der Waals surface area contributed by atoms with Gasteiger partial charge < -0.3 is 10.4 Å². The number of carbonyl (C=O) groups is 2. The van der Waals surface area contributed by atoms with Gasteiger partial charge in [0.1, 0.15) is 6.54 Å². The molecule has 1 amide bonds. The highest BCUT2D eigenvalue weighted by Gasteiger charge is 2.30. The third-order valence-corrected chi connectivity index (χ3v) is 5.73. The average Bonchev–Trinajstić information content (AvgIpc) is 2.51. The lowest BCUT2D eigenvalue weighted by Crippen LogP contribution is -2.40. The topological polar surface area (TPSA) is 104 Å². The maximum absolute atomic E-state index is 13.0. The van der Waals surface area contributed by atoms with Crippen LogP contribution in [0.2, 0.25) is 0 Å². The molecule has 0 heterocycles. The van der Waals surface area contributed by atoms with Gasteiger partial charge in [0, 0.05) is 29.4 Å². The molecule has 25 heavy (non-hydrogen) atoms. The number of carboxylic acids is 1. The summed E-state index contributed by atoms with van der Waals surface area (Å²) in [6, 6.07) is 9.14. The van der Waals surface area contributed by atoms with Gasteiger partial charge >= 0.3 is 5.97 Å². The third-order valence-electron chi connectivity index (χ3n) is 3.65. The van der Waals surface area contributed by atoms with Gasteiger partial charge in [0.25, 0.3) is 0 Å². The Morgan fingerprint density at radius 2 is 1.72 bits per heavy atom. The van der Waals surface area contributed by atoms with Crippen LogP contribution in [-0.4, -0.2) is 42.3 Å². The van der Waals surface area contributed by atoms with E-state index < -0.39 is 28.6 Å². The Labute approximate surface area is 146 Å². The molecule has 2 aromatic carbocycles. The Balaban J connectivity index is 2.68. The first kappa shape index (κ1) is 18.9. The molecule has 0 atom stereocenters. The van der Waals surface area contributed by atoms with Crippen molar-refractivity contribution in [2.24, 2.45) is 0 Å². The first-order chi connectivity index (χ1) is 11.6. The molecule has 0 unspecified atom stereocenters. The summed E-state index contributed by atoms with van der Waals surface area (Å²) in [5.41, 5.74) is 0.497. The van der Waals surface area contributed by atoms with E-state index in [2.05, 4.69) is 5.32 Å². The molecule has 0 radical (unpaired) electrons. The average molecular weight is 364 g/mol. The molecule has 0 spiro atoms. The number of nitrogens with one attached hydrogen (secondary N) is 1. The molecule has 2 rings (SSSR count). The minimum Gasteiger partial charge on any atom is -0.480 e. The van der Waals surface area contributed by atoms with Crippen LogP contribution < -0.4 is 5.32 Å². The normalized spacial score (nSPS) is 11.9. The van der Waals surface area contributed by atoms with Crippen LogP contribution in [0.15, 0.2) is 41.3 Å². The zero-order valence-electron chi connectivity index (χ0n) is 14.2. The summed E-state index contributed by atoms with van der Waals surface area (Å²) in [6.07, 6.45) is 0. The fourth-order valence-electron chi connectivity index (χ4n) is 2.60. The van der Waals surface area contributed by atoms with Gasteiger partial charge in [-0.1, -0.05) is 24.3 Å². The van der Waals surface area contributed by atoms with Crippen molar-refractivity contribution in [1.29, 1.82) is 0 Å². The number of aliphatic carboxylic acids is 1. The summed E-state index contributed by atoms with van der Waals surface area (Å²) in [5.74, 6) is -1.49. The van der Waals surface area contributed by atoms with Crippen molar-refractivity contribution < 1.29 is 23.1 Å². The van der Waals surface area contributed by atoms with Gasteiger partial charge in [0.2, 0.25) is 15.9 Å². The van der Waals surface area contributed by atoms with Crippen molar-refractivity contribution in [3.05, 3.63) is 36.4 Å². The first-order valence-corrected chi connectivity index (χ1v) is 9.11. The Kier molecular flexibility index (Phi) is 5.44. The van der Waals surface area contributed by atoms with Crippen molar-refractivity contribution in [3.8, 4) is 0 Å². The van der Waals surface area contributed by atoms with E-state index >= 15 is 0 Å². The molecular formula is C17H20N2O5S. The highest BCUT2D eigenvalue weighted by atomic mass is 32.2. The van der Waals surface area contributed by atoms with Crippen LogP contribution in [0.1, 0.15) is 20.8 Å².